The van der Waals surface area contributed by atoms with Crippen LogP contribution >= 0.6 is 11.6 Å². The van der Waals surface area contributed by atoms with Crippen LogP contribution in [-0.2, 0) is 4.79 Å². The second-order valence-electron chi connectivity index (χ2n) is 5.18. The predicted molar refractivity (Wildman–Crippen MR) is 82.4 cm³/mol. The van der Waals surface area contributed by atoms with Crippen LogP contribution in [-0.4, -0.2) is 48.7 Å². The number of likely N-dealkylation sites (N-methyl/N-ethyl adjacent to an activating group) is 1. The molecule has 0 aromatic heterocycles. The number of rotatable bonds is 3. The van der Waals surface area contributed by atoms with Crippen molar-refractivity contribution in [2.75, 3.05) is 31.6 Å². The number of carbonyl (C=O) groups is 1. The molecule has 1 aromatic carbocycles. The first-order chi connectivity index (χ1) is 9.47. The van der Waals surface area contributed by atoms with Gasteiger partial charge in [-0.2, -0.15) is 0 Å². The Labute approximate surface area is 124 Å². The molecule has 0 spiro atoms. The van der Waals surface area contributed by atoms with E-state index in [9.17, 15) is 4.79 Å². The van der Waals surface area contributed by atoms with Crippen LogP contribution in [0.5, 0.6) is 0 Å². The smallest absolute Gasteiger partial charge is 0.328 e. The minimum absolute atomic E-state index is 0.381. The Hall–Kier alpha value is -1.52. The Kier molecular flexibility index (Phi) is 4.68. The van der Waals surface area contributed by atoms with Gasteiger partial charge in [-0.3, -0.25) is 0 Å². The van der Waals surface area contributed by atoms with Gasteiger partial charge in [0, 0.05) is 42.5 Å². The zero-order chi connectivity index (χ0) is 14.7. The maximum atomic E-state index is 10.7. The summed E-state index contributed by atoms with van der Waals surface area (Å²) in [5.74, 6) is -0.956. The maximum absolute atomic E-state index is 10.7. The molecule has 0 bridgehead atoms. The molecule has 1 atom stereocenters. The van der Waals surface area contributed by atoms with Crippen molar-refractivity contribution in [2.24, 2.45) is 0 Å². The lowest BCUT2D eigenvalue weighted by atomic mass is 10.1. The molecule has 1 saturated heterocycles. The van der Waals surface area contributed by atoms with Gasteiger partial charge in [-0.1, -0.05) is 11.6 Å². The third kappa shape index (κ3) is 3.52. The molecule has 108 valence electrons. The van der Waals surface area contributed by atoms with Crippen LogP contribution in [0.15, 0.2) is 24.3 Å². The summed E-state index contributed by atoms with van der Waals surface area (Å²) in [7, 11) is 2.11. The van der Waals surface area contributed by atoms with E-state index < -0.39 is 5.97 Å². The van der Waals surface area contributed by atoms with Gasteiger partial charge in [-0.25, -0.2) is 4.79 Å². The van der Waals surface area contributed by atoms with E-state index in [0.717, 1.165) is 37.0 Å². The lowest BCUT2D eigenvalue weighted by Gasteiger charge is -2.40. The highest BCUT2D eigenvalue weighted by Crippen LogP contribution is 2.28. The van der Waals surface area contributed by atoms with Crippen molar-refractivity contribution in [2.45, 2.75) is 13.0 Å². The summed E-state index contributed by atoms with van der Waals surface area (Å²) < 4.78 is 0. The van der Waals surface area contributed by atoms with E-state index in [2.05, 4.69) is 23.8 Å². The number of piperazine rings is 1. The molecule has 1 aliphatic rings. The summed E-state index contributed by atoms with van der Waals surface area (Å²) in [4.78, 5) is 15.3. The molecule has 0 aliphatic carbocycles. The van der Waals surface area contributed by atoms with Crippen molar-refractivity contribution in [1.82, 2.24) is 4.90 Å². The predicted octanol–water partition coefficient (Wildman–Crippen LogP) is 2.58. The first kappa shape index (κ1) is 14.9. The van der Waals surface area contributed by atoms with Crippen LogP contribution in [0.3, 0.4) is 0 Å². The summed E-state index contributed by atoms with van der Waals surface area (Å²) in [6.45, 7) is 5.09. The average molecular weight is 295 g/mol. The summed E-state index contributed by atoms with van der Waals surface area (Å²) in [5, 5.41) is 9.40. The van der Waals surface area contributed by atoms with Crippen molar-refractivity contribution < 1.29 is 9.90 Å². The Morgan fingerprint density at radius 1 is 1.45 bits per heavy atom. The second kappa shape index (κ2) is 6.29. The van der Waals surface area contributed by atoms with Gasteiger partial charge in [-0.05, 0) is 43.8 Å². The van der Waals surface area contributed by atoms with Gasteiger partial charge in [0.15, 0.2) is 0 Å². The zero-order valence-electron chi connectivity index (χ0n) is 11.7. The molecule has 20 heavy (non-hydrogen) atoms. The van der Waals surface area contributed by atoms with Crippen LogP contribution in [0.1, 0.15) is 12.5 Å². The molecule has 4 nitrogen and oxygen atoms in total. The third-order valence-electron chi connectivity index (χ3n) is 3.54. The molecule has 0 radical (unpaired) electrons. The number of aliphatic carboxylic acids is 1. The molecule has 1 N–H and O–H groups in total. The van der Waals surface area contributed by atoms with Gasteiger partial charge in [0.05, 0.1) is 0 Å². The number of benzene rings is 1. The second-order valence-corrected chi connectivity index (χ2v) is 5.62. The summed E-state index contributed by atoms with van der Waals surface area (Å²) >= 11 is 6.02. The zero-order valence-corrected chi connectivity index (χ0v) is 12.5. The number of nitrogens with zero attached hydrogens (tertiary/aromatic N) is 2. The summed E-state index contributed by atoms with van der Waals surface area (Å²) in [6, 6.07) is 6.00. The Morgan fingerprint density at radius 3 is 2.85 bits per heavy atom. The number of carboxylic acid groups (broad SMARTS) is 1. The van der Waals surface area contributed by atoms with E-state index in [1.54, 1.807) is 12.1 Å². The molecule has 1 aromatic rings. The van der Waals surface area contributed by atoms with E-state index in [0.29, 0.717) is 11.1 Å². The average Bonchev–Trinajstić information content (AvgIpc) is 2.37. The standard InChI is InChI=1S/C15H19ClN2O2/c1-11-10-17(2)7-8-18(11)14-5-4-13(16)9-12(14)3-6-15(19)20/h3-6,9,11H,7-8,10H2,1-2H3,(H,19,20)/b6-3+. The summed E-state index contributed by atoms with van der Waals surface area (Å²) in [6.07, 6.45) is 2.75. The lowest BCUT2D eigenvalue weighted by molar-refractivity contribution is -0.131. The van der Waals surface area contributed by atoms with Crippen molar-refractivity contribution in [3.05, 3.63) is 34.9 Å². The molecule has 1 unspecified atom stereocenters. The van der Waals surface area contributed by atoms with Gasteiger partial charge in [0.25, 0.3) is 0 Å². The van der Waals surface area contributed by atoms with Gasteiger partial charge in [-0.15, -0.1) is 0 Å². The third-order valence-corrected chi connectivity index (χ3v) is 3.77. The highest BCUT2D eigenvalue weighted by molar-refractivity contribution is 6.30. The van der Waals surface area contributed by atoms with Crippen LogP contribution in [0.25, 0.3) is 6.08 Å². The highest BCUT2D eigenvalue weighted by atomic mass is 35.5. The lowest BCUT2D eigenvalue weighted by Crippen LogP contribution is -2.50. The Balaban J connectivity index is 2.33. The van der Waals surface area contributed by atoms with E-state index in [1.807, 2.05) is 12.1 Å². The first-order valence-electron chi connectivity index (χ1n) is 6.63. The fourth-order valence-corrected chi connectivity index (χ4v) is 2.76. The molecule has 5 heteroatoms. The maximum Gasteiger partial charge on any atom is 0.328 e. The van der Waals surface area contributed by atoms with Crippen molar-refractivity contribution >= 4 is 29.3 Å². The minimum Gasteiger partial charge on any atom is -0.478 e. The molecule has 2 rings (SSSR count). The minimum atomic E-state index is -0.956. The van der Waals surface area contributed by atoms with E-state index in [-0.39, 0.29) is 0 Å². The SMILES string of the molecule is CC1CN(C)CCN1c1ccc(Cl)cc1/C=C/C(=O)O. The molecular weight excluding hydrogens is 276 g/mol. The van der Waals surface area contributed by atoms with Crippen molar-refractivity contribution in [3.8, 4) is 0 Å². The number of hydrogen-bond acceptors (Lipinski definition) is 3. The fraction of sp³-hybridized carbons (Fsp3) is 0.400. The van der Waals surface area contributed by atoms with Crippen LogP contribution in [0, 0.1) is 0 Å². The van der Waals surface area contributed by atoms with Crippen LogP contribution in [0.2, 0.25) is 5.02 Å². The molecule has 1 aliphatic heterocycles. The number of anilines is 1. The monoisotopic (exact) mass is 294 g/mol. The summed E-state index contributed by atoms with van der Waals surface area (Å²) in [5.41, 5.74) is 1.88. The van der Waals surface area contributed by atoms with Crippen LogP contribution in [0.4, 0.5) is 5.69 Å². The molecule has 1 heterocycles. The van der Waals surface area contributed by atoms with E-state index >= 15 is 0 Å². The topological polar surface area (TPSA) is 43.8 Å². The number of hydrogen-bond donors (Lipinski definition) is 1. The van der Waals surface area contributed by atoms with E-state index in [1.165, 1.54) is 0 Å². The normalized spacial score (nSPS) is 20.6. The van der Waals surface area contributed by atoms with E-state index in [4.69, 9.17) is 16.7 Å². The number of halogens is 1. The molecule has 0 saturated carbocycles. The van der Waals surface area contributed by atoms with Gasteiger partial charge < -0.3 is 14.9 Å². The molecule has 1 fully saturated rings. The number of carboxylic acids is 1. The van der Waals surface area contributed by atoms with Gasteiger partial charge >= 0.3 is 5.97 Å². The van der Waals surface area contributed by atoms with Gasteiger partial charge in [0.1, 0.15) is 0 Å². The molecular formula is C15H19ClN2O2. The fourth-order valence-electron chi connectivity index (χ4n) is 2.58. The van der Waals surface area contributed by atoms with Gasteiger partial charge in [0.2, 0.25) is 0 Å². The Bertz CT molecular complexity index is 531. The molecule has 0 amide bonds. The largest absolute Gasteiger partial charge is 0.478 e. The van der Waals surface area contributed by atoms with Crippen molar-refractivity contribution in [1.29, 1.82) is 0 Å². The highest BCUT2D eigenvalue weighted by Gasteiger charge is 2.23. The Morgan fingerprint density at radius 2 is 2.20 bits per heavy atom. The van der Waals surface area contributed by atoms with Crippen molar-refractivity contribution in [3.63, 3.8) is 0 Å². The van der Waals surface area contributed by atoms with Crippen LogP contribution < -0.4 is 4.90 Å². The quantitative estimate of drug-likeness (QED) is 0.870. The first-order valence-corrected chi connectivity index (χ1v) is 7.01.